The zero-order valence-electron chi connectivity index (χ0n) is 9.23. The summed E-state index contributed by atoms with van der Waals surface area (Å²) in [5.41, 5.74) is 0.861. The Morgan fingerprint density at radius 3 is 3.19 bits per heavy atom. The number of aromatic nitrogens is 1. The minimum atomic E-state index is -0.775. The number of hydrogen-bond donors (Lipinski definition) is 2. The van der Waals surface area contributed by atoms with E-state index in [2.05, 4.69) is 16.6 Å². The Morgan fingerprint density at radius 1 is 1.69 bits per heavy atom. The first kappa shape index (κ1) is 13.3. The lowest BCUT2D eigenvalue weighted by Gasteiger charge is -2.00. The molecule has 0 aromatic carbocycles. The van der Waals surface area contributed by atoms with Crippen molar-refractivity contribution in [3.63, 3.8) is 0 Å². The smallest absolute Gasteiger partial charge is 0.303 e. The van der Waals surface area contributed by atoms with Gasteiger partial charge >= 0.3 is 5.97 Å². The zero-order valence-corrected chi connectivity index (χ0v) is 10.9. The molecule has 0 aliphatic carbocycles. The van der Waals surface area contributed by atoms with Crippen molar-refractivity contribution in [1.82, 2.24) is 4.98 Å². The van der Waals surface area contributed by atoms with Gasteiger partial charge in [0, 0.05) is 18.3 Å². The van der Waals surface area contributed by atoms with Crippen LogP contribution in [0.4, 0.5) is 5.13 Å². The molecular formula is C10H16N2O2S2. The Hall–Kier alpha value is -0.750. The molecule has 0 saturated carbocycles. The summed E-state index contributed by atoms with van der Waals surface area (Å²) in [6, 6.07) is 0. The van der Waals surface area contributed by atoms with E-state index in [-0.39, 0.29) is 6.42 Å². The van der Waals surface area contributed by atoms with Gasteiger partial charge in [-0.1, -0.05) is 0 Å². The molecule has 0 bridgehead atoms. The average Bonchev–Trinajstić information content (AvgIpc) is 2.70. The predicted molar refractivity (Wildman–Crippen MR) is 69.6 cm³/mol. The van der Waals surface area contributed by atoms with Crippen molar-refractivity contribution in [2.75, 3.05) is 23.9 Å². The topological polar surface area (TPSA) is 62.2 Å². The number of carboxylic acid groups (broad SMARTS) is 1. The number of aliphatic carboxylic acids is 1. The van der Waals surface area contributed by atoms with Crippen molar-refractivity contribution >= 4 is 34.2 Å². The normalized spacial score (nSPS) is 10.3. The Bertz CT molecular complexity index is 328. The lowest BCUT2D eigenvalue weighted by atomic mass is 10.2. The number of nitrogens with one attached hydrogen (secondary N) is 1. The lowest BCUT2D eigenvalue weighted by molar-refractivity contribution is -0.136. The fourth-order valence-electron chi connectivity index (χ4n) is 1.15. The Kier molecular flexibility index (Phi) is 6.25. The van der Waals surface area contributed by atoms with Gasteiger partial charge in [0.05, 0.1) is 12.1 Å². The summed E-state index contributed by atoms with van der Waals surface area (Å²) in [5, 5.41) is 14.6. The van der Waals surface area contributed by atoms with Crippen LogP contribution in [0, 0.1) is 0 Å². The van der Waals surface area contributed by atoms with E-state index in [0.29, 0.717) is 6.42 Å². The second-order valence-electron chi connectivity index (χ2n) is 3.31. The molecule has 0 aliphatic rings. The third kappa shape index (κ3) is 5.37. The minimum Gasteiger partial charge on any atom is -0.481 e. The average molecular weight is 260 g/mol. The first-order valence-corrected chi connectivity index (χ1v) is 7.38. The first-order chi connectivity index (χ1) is 7.72. The second-order valence-corrected chi connectivity index (χ2v) is 5.15. The molecule has 4 nitrogen and oxygen atoms in total. The molecule has 2 N–H and O–H groups in total. The van der Waals surface area contributed by atoms with Crippen LogP contribution in [0.25, 0.3) is 0 Å². The molecule has 16 heavy (non-hydrogen) atoms. The van der Waals surface area contributed by atoms with Crippen molar-refractivity contribution in [2.24, 2.45) is 0 Å². The highest BCUT2D eigenvalue weighted by Crippen LogP contribution is 2.16. The maximum absolute atomic E-state index is 10.4. The predicted octanol–water partition coefficient (Wildman–Crippen LogP) is 2.33. The molecule has 0 unspecified atom stereocenters. The Labute approximate surface area is 103 Å². The van der Waals surface area contributed by atoms with Crippen LogP contribution in [-0.4, -0.2) is 34.6 Å². The van der Waals surface area contributed by atoms with Crippen LogP contribution >= 0.6 is 23.1 Å². The summed E-state index contributed by atoms with van der Waals surface area (Å²) in [5.74, 6) is 0.368. The molecule has 90 valence electrons. The molecule has 0 fully saturated rings. The minimum absolute atomic E-state index is 0.148. The highest BCUT2D eigenvalue weighted by molar-refractivity contribution is 7.98. The molecule has 0 saturated heterocycles. The third-order valence-corrected chi connectivity index (χ3v) is 3.49. The van der Waals surface area contributed by atoms with Gasteiger partial charge in [-0.25, -0.2) is 4.98 Å². The SMILES string of the molecule is CSCCCNc1nc(CCC(=O)O)cs1. The van der Waals surface area contributed by atoms with Crippen molar-refractivity contribution in [1.29, 1.82) is 0 Å². The van der Waals surface area contributed by atoms with Crippen LogP contribution in [0.1, 0.15) is 18.5 Å². The molecule has 1 heterocycles. The zero-order chi connectivity index (χ0) is 11.8. The molecule has 0 radical (unpaired) electrons. The monoisotopic (exact) mass is 260 g/mol. The summed E-state index contributed by atoms with van der Waals surface area (Å²) < 4.78 is 0. The van der Waals surface area contributed by atoms with E-state index >= 15 is 0 Å². The van der Waals surface area contributed by atoms with Gasteiger partial charge in [0.15, 0.2) is 5.13 Å². The molecule has 1 aromatic heterocycles. The molecule has 1 aromatic rings. The van der Waals surface area contributed by atoms with Gasteiger partial charge in [-0.15, -0.1) is 11.3 Å². The highest BCUT2D eigenvalue weighted by atomic mass is 32.2. The summed E-state index contributed by atoms with van der Waals surface area (Å²) in [6.45, 7) is 0.923. The summed E-state index contributed by atoms with van der Waals surface area (Å²) in [4.78, 5) is 14.7. The van der Waals surface area contributed by atoms with Gasteiger partial charge in [0.25, 0.3) is 0 Å². The molecule has 6 heteroatoms. The van der Waals surface area contributed by atoms with Crippen LogP contribution in [0.15, 0.2) is 5.38 Å². The van der Waals surface area contributed by atoms with Crippen molar-refractivity contribution in [3.05, 3.63) is 11.1 Å². The van der Waals surface area contributed by atoms with E-state index < -0.39 is 5.97 Å². The standard InChI is InChI=1S/C10H16N2O2S2/c1-15-6-2-5-11-10-12-8(7-16-10)3-4-9(13)14/h7H,2-6H2,1H3,(H,11,12)(H,13,14). The Balaban J connectivity index is 2.25. The van der Waals surface area contributed by atoms with Gasteiger partial charge in [-0.3, -0.25) is 4.79 Å². The van der Waals surface area contributed by atoms with Gasteiger partial charge in [0.1, 0.15) is 0 Å². The molecule has 0 amide bonds. The van der Waals surface area contributed by atoms with E-state index in [1.807, 2.05) is 17.1 Å². The van der Waals surface area contributed by atoms with Gasteiger partial charge in [0.2, 0.25) is 0 Å². The number of anilines is 1. The quantitative estimate of drug-likeness (QED) is 0.702. The lowest BCUT2D eigenvalue weighted by Crippen LogP contribution is -2.02. The molecular weight excluding hydrogens is 244 g/mol. The van der Waals surface area contributed by atoms with Crippen LogP contribution in [0.2, 0.25) is 0 Å². The molecule has 0 atom stereocenters. The van der Waals surface area contributed by atoms with E-state index in [4.69, 9.17) is 5.11 Å². The maximum Gasteiger partial charge on any atom is 0.303 e. The van der Waals surface area contributed by atoms with Crippen LogP contribution < -0.4 is 5.32 Å². The van der Waals surface area contributed by atoms with Crippen molar-refractivity contribution in [3.8, 4) is 0 Å². The number of aryl methyl sites for hydroxylation is 1. The number of rotatable bonds is 8. The number of hydrogen-bond acceptors (Lipinski definition) is 5. The largest absolute Gasteiger partial charge is 0.481 e. The van der Waals surface area contributed by atoms with E-state index in [0.717, 1.165) is 29.5 Å². The van der Waals surface area contributed by atoms with E-state index in [1.165, 1.54) is 11.3 Å². The third-order valence-electron chi connectivity index (χ3n) is 1.95. The number of carboxylic acids is 1. The van der Waals surface area contributed by atoms with Crippen molar-refractivity contribution in [2.45, 2.75) is 19.3 Å². The fraction of sp³-hybridized carbons (Fsp3) is 0.600. The second kappa shape index (κ2) is 7.51. The molecule has 0 aliphatic heterocycles. The number of nitrogens with zero attached hydrogens (tertiary/aromatic N) is 1. The van der Waals surface area contributed by atoms with Crippen molar-refractivity contribution < 1.29 is 9.90 Å². The number of thioether (sulfide) groups is 1. The first-order valence-electron chi connectivity index (χ1n) is 5.11. The Morgan fingerprint density at radius 2 is 2.50 bits per heavy atom. The van der Waals surface area contributed by atoms with Crippen LogP contribution in [0.3, 0.4) is 0 Å². The number of carbonyl (C=O) groups is 1. The molecule has 1 rings (SSSR count). The molecule has 0 spiro atoms. The number of thiazole rings is 1. The van der Waals surface area contributed by atoms with E-state index in [9.17, 15) is 4.79 Å². The van der Waals surface area contributed by atoms with Crippen LogP contribution in [-0.2, 0) is 11.2 Å². The maximum atomic E-state index is 10.4. The van der Waals surface area contributed by atoms with Gasteiger partial charge in [-0.05, 0) is 18.4 Å². The van der Waals surface area contributed by atoms with Gasteiger partial charge in [-0.2, -0.15) is 11.8 Å². The highest BCUT2D eigenvalue weighted by Gasteiger charge is 2.03. The fourth-order valence-corrected chi connectivity index (χ4v) is 2.36. The summed E-state index contributed by atoms with van der Waals surface area (Å²) in [7, 11) is 0. The summed E-state index contributed by atoms with van der Waals surface area (Å²) >= 11 is 3.37. The summed E-state index contributed by atoms with van der Waals surface area (Å²) in [6.07, 6.45) is 3.87. The van der Waals surface area contributed by atoms with E-state index in [1.54, 1.807) is 0 Å². The van der Waals surface area contributed by atoms with Crippen LogP contribution in [0.5, 0.6) is 0 Å². The van der Waals surface area contributed by atoms with Gasteiger partial charge < -0.3 is 10.4 Å².